The molecule has 0 radical (unpaired) electrons. The van der Waals surface area contributed by atoms with Gasteiger partial charge in [0.25, 0.3) is 0 Å². The lowest BCUT2D eigenvalue weighted by atomic mass is 10.1. The zero-order chi connectivity index (χ0) is 9.84. The van der Waals surface area contributed by atoms with Gasteiger partial charge < -0.3 is 0 Å². The monoisotopic (exact) mass is 175 g/mol. The van der Waals surface area contributed by atoms with Crippen molar-refractivity contribution in [2.24, 2.45) is 0 Å². The maximum atomic E-state index is 10.7. The minimum Gasteiger partial charge on any atom is -0.295 e. The molecule has 13 heavy (non-hydrogen) atoms. The van der Waals surface area contributed by atoms with Crippen LogP contribution in [0.1, 0.15) is 23.9 Å². The van der Waals surface area contributed by atoms with Crippen molar-refractivity contribution in [2.45, 2.75) is 20.8 Å². The molecule has 68 valence electrons. The Kier molecular flexibility index (Phi) is 2.96. The molecule has 0 aliphatic rings. The van der Waals surface area contributed by atoms with Crippen LogP contribution in [0.15, 0.2) is 18.2 Å². The molecular weight excluding hydrogens is 162 g/mol. The van der Waals surface area contributed by atoms with Gasteiger partial charge in [-0.2, -0.15) is 0 Å². The van der Waals surface area contributed by atoms with Gasteiger partial charge in [-0.1, -0.05) is 6.07 Å². The number of carbonyl (C=O) groups excluding carboxylic acids is 1. The Labute approximate surface area is 78.3 Å². The van der Waals surface area contributed by atoms with Crippen LogP contribution in [0.2, 0.25) is 0 Å². The van der Waals surface area contributed by atoms with E-state index in [0.29, 0.717) is 0 Å². The summed E-state index contributed by atoms with van der Waals surface area (Å²) >= 11 is 0. The Bertz CT molecular complexity index is 353. The van der Waals surface area contributed by atoms with Crippen molar-refractivity contribution in [3.8, 4) is 0 Å². The highest BCUT2D eigenvalue weighted by atomic mass is 16.1. The number of aryl methyl sites for hydroxylation is 2. The maximum absolute atomic E-state index is 10.7. The third kappa shape index (κ3) is 2.82. The van der Waals surface area contributed by atoms with Crippen molar-refractivity contribution in [1.29, 1.82) is 0 Å². The Hall–Kier alpha value is -1.44. The second kappa shape index (κ2) is 3.99. The van der Waals surface area contributed by atoms with Crippen LogP contribution in [-0.4, -0.2) is 10.8 Å². The second-order valence-corrected chi connectivity index (χ2v) is 3.07. The first-order valence-electron chi connectivity index (χ1n) is 4.22. The van der Waals surface area contributed by atoms with Crippen LogP contribution in [0.25, 0.3) is 6.08 Å². The minimum absolute atomic E-state index is 0.0555. The third-order valence-electron chi connectivity index (χ3n) is 1.76. The van der Waals surface area contributed by atoms with Crippen LogP contribution < -0.4 is 0 Å². The van der Waals surface area contributed by atoms with E-state index in [2.05, 4.69) is 4.98 Å². The molecule has 0 aliphatic carbocycles. The normalized spacial score (nSPS) is 10.7. The topological polar surface area (TPSA) is 30.0 Å². The van der Waals surface area contributed by atoms with Gasteiger partial charge in [0.05, 0.1) is 0 Å². The zero-order valence-electron chi connectivity index (χ0n) is 8.16. The summed E-state index contributed by atoms with van der Waals surface area (Å²) in [6, 6.07) is 3.91. The van der Waals surface area contributed by atoms with E-state index in [1.807, 2.05) is 26.0 Å². The molecule has 0 amide bonds. The maximum Gasteiger partial charge on any atom is 0.152 e. The van der Waals surface area contributed by atoms with Crippen LogP contribution in [-0.2, 0) is 4.79 Å². The molecule has 2 nitrogen and oxygen atoms in total. The van der Waals surface area contributed by atoms with E-state index in [0.717, 1.165) is 17.0 Å². The molecule has 1 rings (SSSR count). The number of pyridine rings is 1. The standard InChI is InChI=1S/C11H13NO/c1-8-4-6-11(10(3)12-8)7-5-9(2)13/h4-7H,1-3H3/b7-5+. The van der Waals surface area contributed by atoms with Crippen LogP contribution in [0.5, 0.6) is 0 Å². The summed E-state index contributed by atoms with van der Waals surface area (Å²) in [4.78, 5) is 15.0. The summed E-state index contributed by atoms with van der Waals surface area (Å²) in [5.41, 5.74) is 2.95. The van der Waals surface area contributed by atoms with Gasteiger partial charge in [-0.25, -0.2) is 0 Å². The van der Waals surface area contributed by atoms with Crippen LogP contribution in [0.4, 0.5) is 0 Å². The molecule has 0 saturated carbocycles. The Morgan fingerprint density at radius 1 is 1.38 bits per heavy atom. The molecule has 1 aromatic rings. The van der Waals surface area contributed by atoms with E-state index in [9.17, 15) is 4.79 Å². The lowest BCUT2D eigenvalue weighted by molar-refractivity contribution is -0.112. The molecule has 0 aliphatic heterocycles. The summed E-state index contributed by atoms with van der Waals surface area (Å²) in [5, 5.41) is 0. The Morgan fingerprint density at radius 3 is 2.62 bits per heavy atom. The lowest BCUT2D eigenvalue weighted by Gasteiger charge is -1.99. The number of allylic oxidation sites excluding steroid dienone is 1. The molecule has 0 unspecified atom stereocenters. The molecule has 2 heteroatoms. The highest BCUT2D eigenvalue weighted by Gasteiger charge is 1.95. The number of hydrogen-bond donors (Lipinski definition) is 0. The van der Waals surface area contributed by atoms with Gasteiger partial charge >= 0.3 is 0 Å². The van der Waals surface area contributed by atoms with Gasteiger partial charge in [-0.05, 0) is 44.6 Å². The molecule has 0 fully saturated rings. The zero-order valence-corrected chi connectivity index (χ0v) is 8.16. The first kappa shape index (κ1) is 9.65. The molecule has 0 N–H and O–H groups in total. The van der Waals surface area contributed by atoms with Crippen molar-refractivity contribution >= 4 is 11.9 Å². The number of ketones is 1. The van der Waals surface area contributed by atoms with Gasteiger partial charge in [0.1, 0.15) is 0 Å². The highest BCUT2D eigenvalue weighted by Crippen LogP contribution is 2.08. The number of carbonyl (C=O) groups is 1. The van der Waals surface area contributed by atoms with Crippen molar-refractivity contribution in [1.82, 2.24) is 4.98 Å². The van der Waals surface area contributed by atoms with Crippen molar-refractivity contribution in [3.05, 3.63) is 35.2 Å². The lowest BCUT2D eigenvalue weighted by Crippen LogP contribution is -1.89. The van der Waals surface area contributed by atoms with E-state index in [-0.39, 0.29) is 5.78 Å². The highest BCUT2D eigenvalue weighted by molar-refractivity contribution is 5.91. The number of rotatable bonds is 2. The van der Waals surface area contributed by atoms with E-state index < -0.39 is 0 Å². The average Bonchev–Trinajstić information content (AvgIpc) is 2.02. The molecule has 0 saturated heterocycles. The fourth-order valence-electron chi connectivity index (χ4n) is 1.08. The summed E-state index contributed by atoms with van der Waals surface area (Å²) in [7, 11) is 0. The number of hydrogen-bond acceptors (Lipinski definition) is 2. The predicted octanol–water partition coefficient (Wildman–Crippen LogP) is 2.30. The minimum atomic E-state index is 0.0555. The van der Waals surface area contributed by atoms with Crippen molar-refractivity contribution < 1.29 is 4.79 Å². The molecule has 0 bridgehead atoms. The quantitative estimate of drug-likeness (QED) is 0.645. The Morgan fingerprint density at radius 2 is 2.08 bits per heavy atom. The number of aromatic nitrogens is 1. The van der Waals surface area contributed by atoms with Gasteiger partial charge in [0.2, 0.25) is 0 Å². The fraction of sp³-hybridized carbons (Fsp3) is 0.273. The average molecular weight is 175 g/mol. The Balaban J connectivity index is 2.96. The van der Waals surface area contributed by atoms with E-state index in [4.69, 9.17) is 0 Å². The molecule has 0 atom stereocenters. The fourth-order valence-corrected chi connectivity index (χ4v) is 1.08. The van der Waals surface area contributed by atoms with Gasteiger partial charge in [0, 0.05) is 11.4 Å². The first-order valence-corrected chi connectivity index (χ1v) is 4.22. The predicted molar refractivity (Wildman–Crippen MR) is 53.4 cm³/mol. The summed E-state index contributed by atoms with van der Waals surface area (Å²) in [6.07, 6.45) is 3.35. The van der Waals surface area contributed by atoms with Gasteiger partial charge in [0.15, 0.2) is 5.78 Å². The van der Waals surface area contributed by atoms with Gasteiger partial charge in [-0.3, -0.25) is 9.78 Å². The summed E-state index contributed by atoms with van der Waals surface area (Å²) in [6.45, 7) is 5.42. The van der Waals surface area contributed by atoms with E-state index in [1.54, 1.807) is 12.2 Å². The molecular formula is C11H13NO. The largest absolute Gasteiger partial charge is 0.295 e. The van der Waals surface area contributed by atoms with Gasteiger partial charge in [-0.15, -0.1) is 0 Å². The van der Waals surface area contributed by atoms with Crippen molar-refractivity contribution in [3.63, 3.8) is 0 Å². The molecule has 0 aromatic carbocycles. The molecule has 1 aromatic heterocycles. The summed E-state index contributed by atoms with van der Waals surface area (Å²) in [5.74, 6) is 0.0555. The van der Waals surface area contributed by atoms with Crippen molar-refractivity contribution in [2.75, 3.05) is 0 Å². The van der Waals surface area contributed by atoms with Crippen LogP contribution >= 0.6 is 0 Å². The van der Waals surface area contributed by atoms with Crippen LogP contribution in [0.3, 0.4) is 0 Å². The molecule has 1 heterocycles. The van der Waals surface area contributed by atoms with Crippen LogP contribution in [0, 0.1) is 13.8 Å². The smallest absolute Gasteiger partial charge is 0.152 e. The summed E-state index contributed by atoms with van der Waals surface area (Å²) < 4.78 is 0. The SMILES string of the molecule is CC(=O)/C=C/c1ccc(C)nc1C. The van der Waals surface area contributed by atoms with E-state index >= 15 is 0 Å². The molecule has 0 spiro atoms. The first-order chi connectivity index (χ1) is 6.09. The third-order valence-corrected chi connectivity index (χ3v) is 1.76. The number of nitrogens with zero attached hydrogens (tertiary/aromatic N) is 1. The van der Waals surface area contributed by atoms with E-state index in [1.165, 1.54) is 6.92 Å². The second-order valence-electron chi connectivity index (χ2n) is 3.07.